The van der Waals surface area contributed by atoms with Crippen molar-refractivity contribution < 1.29 is 19.1 Å². The van der Waals surface area contributed by atoms with Crippen molar-refractivity contribution in [3.05, 3.63) is 59.7 Å². The normalized spacial score (nSPS) is 10.0. The van der Waals surface area contributed by atoms with Gasteiger partial charge in [0.25, 0.3) is 5.91 Å². The second-order valence-electron chi connectivity index (χ2n) is 5.96. The third kappa shape index (κ3) is 5.41. The van der Waals surface area contributed by atoms with Gasteiger partial charge in [-0.1, -0.05) is 36.4 Å². The number of hydrogen-bond donors (Lipinski definition) is 2. The lowest BCUT2D eigenvalue weighted by Gasteiger charge is -2.11. The third-order valence-corrected chi connectivity index (χ3v) is 3.49. The van der Waals surface area contributed by atoms with E-state index in [2.05, 4.69) is 16.7 Å². The van der Waals surface area contributed by atoms with Crippen LogP contribution in [0.3, 0.4) is 0 Å². The molecule has 0 atom stereocenters. The van der Waals surface area contributed by atoms with Gasteiger partial charge in [0, 0.05) is 11.6 Å². The largest absolute Gasteiger partial charge is 0.452 e. The maximum atomic E-state index is 12.4. The molecular formula is C20H19N3O4. The molecule has 0 heterocycles. The monoisotopic (exact) mass is 365 g/mol. The van der Waals surface area contributed by atoms with Crippen molar-refractivity contribution in [3.63, 3.8) is 0 Å². The lowest BCUT2D eigenvalue weighted by atomic mass is 9.96. The molecule has 0 unspecified atom stereocenters. The number of amides is 3. The van der Waals surface area contributed by atoms with Gasteiger partial charge < -0.3 is 10.1 Å². The zero-order chi connectivity index (χ0) is 19.8. The van der Waals surface area contributed by atoms with Crippen molar-refractivity contribution >= 4 is 17.9 Å². The average Bonchev–Trinajstić information content (AvgIpc) is 2.65. The standard InChI is InChI=1S/C20H19N3O4/c1-13(2)22-20(26)23-18(24)12-27-19(25)17-10-6-5-9-16(17)15-8-4-3-7-14(15)11-21/h3-10,13H,12H2,1-2H3,(H2,22,23,24,26). The molecule has 0 aromatic heterocycles. The van der Waals surface area contributed by atoms with Gasteiger partial charge in [0.2, 0.25) is 0 Å². The van der Waals surface area contributed by atoms with Gasteiger partial charge in [-0.3, -0.25) is 10.1 Å². The number of esters is 1. The third-order valence-electron chi connectivity index (χ3n) is 3.49. The molecule has 2 rings (SSSR count). The highest BCUT2D eigenvalue weighted by Crippen LogP contribution is 2.27. The van der Waals surface area contributed by atoms with Gasteiger partial charge in [0.15, 0.2) is 6.61 Å². The smallest absolute Gasteiger partial charge is 0.339 e. The Morgan fingerprint density at radius 3 is 2.33 bits per heavy atom. The minimum Gasteiger partial charge on any atom is -0.452 e. The first-order chi connectivity index (χ1) is 12.9. The van der Waals surface area contributed by atoms with Crippen LogP contribution in [0.4, 0.5) is 4.79 Å². The van der Waals surface area contributed by atoms with Crippen molar-refractivity contribution in [1.82, 2.24) is 10.6 Å². The van der Waals surface area contributed by atoms with Gasteiger partial charge in [-0.2, -0.15) is 5.26 Å². The molecule has 0 aliphatic carbocycles. The molecule has 0 fully saturated rings. The number of nitrogens with one attached hydrogen (secondary N) is 2. The summed E-state index contributed by atoms with van der Waals surface area (Å²) < 4.78 is 5.02. The first-order valence-electron chi connectivity index (χ1n) is 8.28. The minimum absolute atomic E-state index is 0.132. The molecule has 0 saturated heterocycles. The quantitative estimate of drug-likeness (QED) is 0.792. The van der Waals surface area contributed by atoms with E-state index in [1.807, 2.05) is 0 Å². The number of carbonyl (C=O) groups excluding carboxylic acids is 3. The highest BCUT2D eigenvalue weighted by Gasteiger charge is 2.17. The van der Waals surface area contributed by atoms with Gasteiger partial charge in [0.1, 0.15) is 0 Å². The predicted molar refractivity (Wildman–Crippen MR) is 98.7 cm³/mol. The van der Waals surface area contributed by atoms with Crippen LogP contribution in [0.1, 0.15) is 29.8 Å². The summed E-state index contributed by atoms with van der Waals surface area (Å²) in [5.41, 5.74) is 1.76. The lowest BCUT2D eigenvalue weighted by molar-refractivity contribution is -0.123. The van der Waals surface area contributed by atoms with E-state index in [0.29, 0.717) is 16.7 Å². The SMILES string of the molecule is CC(C)NC(=O)NC(=O)COC(=O)c1ccccc1-c1ccccc1C#N. The molecule has 0 radical (unpaired) electrons. The van der Waals surface area contributed by atoms with Crippen molar-refractivity contribution in [2.24, 2.45) is 0 Å². The van der Waals surface area contributed by atoms with Crippen LogP contribution in [0, 0.1) is 11.3 Å². The van der Waals surface area contributed by atoms with Crippen molar-refractivity contribution in [3.8, 4) is 17.2 Å². The van der Waals surface area contributed by atoms with Gasteiger partial charge in [-0.15, -0.1) is 0 Å². The summed E-state index contributed by atoms with van der Waals surface area (Å²) in [6.45, 7) is 2.90. The number of imide groups is 1. The van der Waals surface area contributed by atoms with E-state index in [9.17, 15) is 19.6 Å². The van der Waals surface area contributed by atoms with Crippen LogP contribution >= 0.6 is 0 Å². The van der Waals surface area contributed by atoms with E-state index < -0.39 is 24.5 Å². The number of nitriles is 1. The molecule has 0 spiro atoms. The lowest BCUT2D eigenvalue weighted by Crippen LogP contribution is -2.44. The van der Waals surface area contributed by atoms with Gasteiger partial charge >= 0.3 is 12.0 Å². The Morgan fingerprint density at radius 1 is 1.04 bits per heavy atom. The van der Waals surface area contributed by atoms with Gasteiger partial charge in [0.05, 0.1) is 17.2 Å². The van der Waals surface area contributed by atoms with Crippen LogP contribution in [0.15, 0.2) is 48.5 Å². The Hall–Kier alpha value is -3.66. The second kappa shape index (κ2) is 9.15. The molecular weight excluding hydrogens is 346 g/mol. The Kier molecular flexibility index (Phi) is 6.67. The summed E-state index contributed by atoms with van der Waals surface area (Å²) in [6.07, 6.45) is 0. The molecule has 0 aliphatic heterocycles. The van der Waals surface area contributed by atoms with Gasteiger partial charge in [-0.25, -0.2) is 9.59 Å². The van der Waals surface area contributed by atoms with Crippen LogP contribution in [-0.2, 0) is 9.53 Å². The molecule has 2 aromatic carbocycles. The van der Waals surface area contributed by atoms with E-state index in [0.717, 1.165) is 0 Å². The van der Waals surface area contributed by atoms with Gasteiger partial charge in [-0.05, 0) is 31.5 Å². The van der Waals surface area contributed by atoms with Crippen LogP contribution < -0.4 is 10.6 Å². The highest BCUT2D eigenvalue weighted by molar-refractivity contribution is 6.00. The molecule has 2 N–H and O–H groups in total. The number of benzene rings is 2. The maximum absolute atomic E-state index is 12.4. The van der Waals surface area contributed by atoms with E-state index in [4.69, 9.17) is 4.74 Å². The first kappa shape index (κ1) is 19.7. The molecule has 7 nitrogen and oxygen atoms in total. The summed E-state index contributed by atoms with van der Waals surface area (Å²) in [6, 6.07) is 14.8. The summed E-state index contributed by atoms with van der Waals surface area (Å²) in [4.78, 5) is 35.6. The van der Waals surface area contributed by atoms with E-state index in [1.54, 1.807) is 62.4 Å². The first-order valence-corrected chi connectivity index (χ1v) is 8.28. The molecule has 138 valence electrons. The number of rotatable bonds is 5. The van der Waals surface area contributed by atoms with Crippen molar-refractivity contribution in [2.45, 2.75) is 19.9 Å². The summed E-state index contributed by atoms with van der Waals surface area (Å²) in [5.74, 6) is -1.46. The average molecular weight is 365 g/mol. The molecule has 7 heteroatoms. The fourth-order valence-corrected chi connectivity index (χ4v) is 2.38. The Bertz CT molecular complexity index is 900. The minimum atomic E-state index is -0.739. The molecule has 2 aromatic rings. The number of urea groups is 1. The number of carbonyl (C=O) groups is 3. The summed E-state index contributed by atoms with van der Waals surface area (Å²) in [7, 11) is 0. The highest BCUT2D eigenvalue weighted by atomic mass is 16.5. The van der Waals surface area contributed by atoms with E-state index in [-0.39, 0.29) is 11.6 Å². The molecule has 0 bridgehead atoms. The summed E-state index contributed by atoms with van der Waals surface area (Å²) in [5, 5.41) is 13.8. The molecule has 0 saturated carbocycles. The van der Waals surface area contributed by atoms with Crippen LogP contribution in [0.2, 0.25) is 0 Å². The molecule has 0 aliphatic rings. The topological polar surface area (TPSA) is 108 Å². The van der Waals surface area contributed by atoms with Crippen LogP contribution in [0.5, 0.6) is 0 Å². The van der Waals surface area contributed by atoms with Crippen molar-refractivity contribution in [1.29, 1.82) is 5.26 Å². The second-order valence-corrected chi connectivity index (χ2v) is 5.96. The molecule has 27 heavy (non-hydrogen) atoms. The predicted octanol–water partition coefficient (Wildman–Crippen LogP) is 2.62. The number of hydrogen-bond acceptors (Lipinski definition) is 5. The maximum Gasteiger partial charge on any atom is 0.339 e. The zero-order valence-corrected chi connectivity index (χ0v) is 15.0. The fraction of sp³-hybridized carbons (Fsp3) is 0.200. The van der Waals surface area contributed by atoms with Crippen LogP contribution in [-0.4, -0.2) is 30.6 Å². The van der Waals surface area contributed by atoms with Crippen LogP contribution in [0.25, 0.3) is 11.1 Å². The zero-order valence-electron chi connectivity index (χ0n) is 15.0. The molecule has 3 amide bonds. The Morgan fingerprint density at radius 2 is 1.67 bits per heavy atom. The van der Waals surface area contributed by atoms with E-state index in [1.165, 1.54) is 0 Å². The number of ether oxygens (including phenoxy) is 1. The fourth-order valence-electron chi connectivity index (χ4n) is 2.38. The summed E-state index contributed by atoms with van der Waals surface area (Å²) >= 11 is 0. The van der Waals surface area contributed by atoms with E-state index >= 15 is 0 Å². The Labute approximate surface area is 156 Å². The van der Waals surface area contributed by atoms with Crippen molar-refractivity contribution in [2.75, 3.05) is 6.61 Å². The Balaban J connectivity index is 2.11. The number of nitrogens with zero attached hydrogens (tertiary/aromatic N) is 1.